The summed E-state index contributed by atoms with van der Waals surface area (Å²) in [6, 6.07) is 16.6. The summed E-state index contributed by atoms with van der Waals surface area (Å²) in [5.41, 5.74) is 2.49. The lowest BCUT2D eigenvalue weighted by Gasteiger charge is -2.16. The normalized spacial score (nSPS) is 12.2. The Bertz CT molecular complexity index is 526. The molecule has 3 heteroatoms. The summed E-state index contributed by atoms with van der Waals surface area (Å²) >= 11 is 7.30. The van der Waals surface area contributed by atoms with Crippen LogP contribution in [0.2, 0.25) is 0 Å². The third-order valence-corrected chi connectivity index (χ3v) is 4.18. The third kappa shape index (κ3) is 4.08. The Morgan fingerprint density at radius 3 is 2.53 bits per heavy atom. The summed E-state index contributed by atoms with van der Waals surface area (Å²) in [5.74, 6) is 0.948. The molecule has 0 N–H and O–H groups in total. The van der Waals surface area contributed by atoms with E-state index in [0.717, 1.165) is 16.6 Å². The number of benzene rings is 2. The van der Waals surface area contributed by atoms with Crippen molar-refractivity contribution in [2.45, 2.75) is 18.2 Å². The average molecular weight is 384 g/mol. The van der Waals surface area contributed by atoms with Crippen molar-refractivity contribution in [1.82, 2.24) is 0 Å². The van der Waals surface area contributed by atoms with Crippen LogP contribution in [0.3, 0.4) is 0 Å². The van der Waals surface area contributed by atoms with E-state index in [4.69, 9.17) is 4.74 Å². The zero-order valence-electron chi connectivity index (χ0n) is 10.8. The van der Waals surface area contributed by atoms with E-state index in [1.54, 1.807) is 0 Å². The summed E-state index contributed by atoms with van der Waals surface area (Å²) in [6.07, 6.45) is 0.942. The molecule has 0 radical (unpaired) electrons. The van der Waals surface area contributed by atoms with Gasteiger partial charge in [0.2, 0.25) is 0 Å². The molecule has 2 aromatic rings. The molecule has 1 unspecified atom stereocenters. The lowest BCUT2D eigenvalue weighted by molar-refractivity contribution is 0.336. The number of rotatable bonds is 5. The van der Waals surface area contributed by atoms with Crippen LogP contribution in [0.15, 0.2) is 53.0 Å². The maximum atomic E-state index is 5.70. The number of hydrogen-bond acceptors (Lipinski definition) is 1. The Hall–Kier alpha value is -0.800. The molecule has 100 valence electrons. The topological polar surface area (TPSA) is 9.23 Å². The van der Waals surface area contributed by atoms with Crippen molar-refractivity contribution in [3.63, 3.8) is 0 Å². The van der Waals surface area contributed by atoms with Crippen LogP contribution in [0.1, 0.15) is 22.9 Å². The predicted molar refractivity (Wildman–Crippen MR) is 87.1 cm³/mol. The second-order valence-corrected chi connectivity index (χ2v) is 6.29. The molecule has 0 fully saturated rings. The Morgan fingerprint density at radius 2 is 1.84 bits per heavy atom. The van der Waals surface area contributed by atoms with E-state index >= 15 is 0 Å². The van der Waals surface area contributed by atoms with Gasteiger partial charge in [0, 0.05) is 14.9 Å². The first kappa shape index (κ1) is 14.6. The predicted octanol–water partition coefficient (Wildman–Crippen LogP) is 5.53. The monoisotopic (exact) mass is 382 g/mol. The summed E-state index contributed by atoms with van der Waals surface area (Å²) in [6.45, 7) is 2.69. The summed E-state index contributed by atoms with van der Waals surface area (Å²) in [4.78, 5) is 0.244. The third-order valence-electron chi connectivity index (χ3n) is 2.87. The van der Waals surface area contributed by atoms with Gasteiger partial charge in [-0.05, 0) is 37.1 Å². The Balaban J connectivity index is 2.22. The molecule has 0 aliphatic heterocycles. The minimum Gasteiger partial charge on any atom is -0.494 e. The van der Waals surface area contributed by atoms with Crippen molar-refractivity contribution in [2.75, 3.05) is 6.61 Å². The Kier molecular flexibility index (Phi) is 5.46. The van der Waals surface area contributed by atoms with E-state index in [1.807, 2.05) is 25.1 Å². The van der Waals surface area contributed by atoms with Crippen LogP contribution in [0.4, 0.5) is 0 Å². The Labute approximate surface area is 131 Å². The van der Waals surface area contributed by atoms with Crippen molar-refractivity contribution in [1.29, 1.82) is 0 Å². The van der Waals surface area contributed by atoms with Crippen molar-refractivity contribution in [2.24, 2.45) is 0 Å². The second-order valence-electron chi connectivity index (χ2n) is 4.27. The molecule has 0 saturated carbocycles. The van der Waals surface area contributed by atoms with Crippen molar-refractivity contribution in [3.05, 3.63) is 64.1 Å². The highest BCUT2D eigenvalue weighted by Gasteiger charge is 2.14. The van der Waals surface area contributed by atoms with Crippen LogP contribution in [0.25, 0.3) is 0 Å². The van der Waals surface area contributed by atoms with Gasteiger partial charge < -0.3 is 4.74 Å². The molecule has 2 rings (SSSR count). The van der Waals surface area contributed by atoms with E-state index in [0.29, 0.717) is 6.61 Å². The van der Waals surface area contributed by atoms with E-state index in [1.165, 1.54) is 11.1 Å². The molecule has 0 saturated heterocycles. The lowest BCUT2D eigenvalue weighted by Crippen LogP contribution is -2.01. The first-order valence-corrected chi connectivity index (χ1v) is 8.01. The first-order chi connectivity index (χ1) is 9.20. The van der Waals surface area contributed by atoms with E-state index < -0.39 is 0 Å². The lowest BCUT2D eigenvalue weighted by atomic mass is 10.0. The fourth-order valence-electron chi connectivity index (χ4n) is 1.98. The molecule has 0 aliphatic carbocycles. The van der Waals surface area contributed by atoms with E-state index in [9.17, 15) is 0 Å². The van der Waals surface area contributed by atoms with E-state index in [-0.39, 0.29) is 4.83 Å². The molecule has 1 nitrogen and oxygen atoms in total. The van der Waals surface area contributed by atoms with Gasteiger partial charge in [0.25, 0.3) is 0 Å². The molecule has 0 spiro atoms. The highest BCUT2D eigenvalue weighted by atomic mass is 79.9. The van der Waals surface area contributed by atoms with Gasteiger partial charge in [-0.1, -0.05) is 62.2 Å². The molecule has 0 bridgehead atoms. The van der Waals surface area contributed by atoms with Crippen molar-refractivity contribution >= 4 is 31.9 Å². The van der Waals surface area contributed by atoms with Gasteiger partial charge in [0.05, 0.1) is 6.61 Å². The molecular formula is C16H16Br2O. The largest absolute Gasteiger partial charge is 0.494 e. The number of hydrogen-bond donors (Lipinski definition) is 0. The SMILES string of the molecule is CCOc1ccc(Br)cc1C(Br)Cc1ccccc1. The highest BCUT2D eigenvalue weighted by molar-refractivity contribution is 9.10. The van der Waals surface area contributed by atoms with Gasteiger partial charge in [-0.25, -0.2) is 0 Å². The summed E-state index contributed by atoms with van der Waals surface area (Å²) < 4.78 is 6.77. The van der Waals surface area contributed by atoms with Crippen molar-refractivity contribution in [3.8, 4) is 5.75 Å². The Morgan fingerprint density at radius 1 is 1.11 bits per heavy atom. The smallest absolute Gasteiger partial charge is 0.123 e. The average Bonchev–Trinajstić information content (AvgIpc) is 2.42. The van der Waals surface area contributed by atoms with Gasteiger partial charge in [-0.2, -0.15) is 0 Å². The fourth-order valence-corrected chi connectivity index (χ4v) is 3.09. The number of ether oxygens (including phenoxy) is 1. The minimum absolute atomic E-state index is 0.244. The molecule has 0 heterocycles. The standard InChI is InChI=1S/C16H16Br2O/c1-2-19-16-9-8-13(17)11-14(16)15(18)10-12-6-4-3-5-7-12/h3-9,11,15H,2,10H2,1H3. The zero-order valence-corrected chi connectivity index (χ0v) is 13.9. The van der Waals surface area contributed by atoms with Gasteiger partial charge >= 0.3 is 0 Å². The quantitative estimate of drug-likeness (QED) is 0.617. The molecule has 0 aliphatic rings. The van der Waals surface area contributed by atoms with Gasteiger partial charge in [0.1, 0.15) is 5.75 Å². The van der Waals surface area contributed by atoms with Crippen molar-refractivity contribution < 1.29 is 4.74 Å². The molecule has 0 amide bonds. The molecule has 19 heavy (non-hydrogen) atoms. The van der Waals surface area contributed by atoms with Gasteiger partial charge in [-0.15, -0.1) is 0 Å². The number of halogens is 2. The maximum absolute atomic E-state index is 5.70. The van der Waals surface area contributed by atoms with Crippen LogP contribution < -0.4 is 4.74 Å². The van der Waals surface area contributed by atoms with Gasteiger partial charge in [0.15, 0.2) is 0 Å². The maximum Gasteiger partial charge on any atom is 0.123 e. The molecule has 2 aromatic carbocycles. The van der Waals surface area contributed by atoms with Crippen LogP contribution in [-0.2, 0) is 6.42 Å². The number of alkyl halides is 1. The molecule has 1 atom stereocenters. The minimum atomic E-state index is 0.244. The van der Waals surface area contributed by atoms with Crippen LogP contribution >= 0.6 is 31.9 Å². The summed E-state index contributed by atoms with van der Waals surface area (Å²) in [5, 5.41) is 0. The van der Waals surface area contributed by atoms with E-state index in [2.05, 4.69) is 62.2 Å². The van der Waals surface area contributed by atoms with Gasteiger partial charge in [-0.3, -0.25) is 0 Å². The fraction of sp³-hybridized carbons (Fsp3) is 0.250. The summed E-state index contributed by atoms with van der Waals surface area (Å²) in [7, 11) is 0. The zero-order chi connectivity index (χ0) is 13.7. The van der Waals surface area contributed by atoms with Crippen LogP contribution in [0.5, 0.6) is 5.75 Å². The van der Waals surface area contributed by atoms with Crippen LogP contribution in [-0.4, -0.2) is 6.61 Å². The molecule has 0 aromatic heterocycles. The second kappa shape index (κ2) is 7.11. The molecular weight excluding hydrogens is 368 g/mol. The first-order valence-electron chi connectivity index (χ1n) is 6.31. The highest BCUT2D eigenvalue weighted by Crippen LogP contribution is 2.35. The van der Waals surface area contributed by atoms with Crippen LogP contribution in [0, 0.1) is 0 Å².